The second-order valence-corrected chi connectivity index (χ2v) is 6.59. The molecule has 0 aliphatic carbocycles. The fourth-order valence-electron chi connectivity index (χ4n) is 2.50. The lowest BCUT2D eigenvalue weighted by atomic mass is 10.1. The number of carbonyl (C=O) groups is 2. The van der Waals surface area contributed by atoms with Crippen molar-refractivity contribution in [3.05, 3.63) is 58.9 Å². The molecule has 0 bridgehead atoms. The van der Waals surface area contributed by atoms with Crippen LogP contribution in [0.2, 0.25) is 5.02 Å². The summed E-state index contributed by atoms with van der Waals surface area (Å²) in [5, 5.41) is 19.8. The van der Waals surface area contributed by atoms with Crippen molar-refractivity contribution in [3.8, 4) is 17.1 Å². The first-order valence-electron chi connectivity index (χ1n) is 8.96. The van der Waals surface area contributed by atoms with Gasteiger partial charge in [0.25, 0.3) is 5.91 Å². The molecule has 1 aromatic heterocycles. The average Bonchev–Trinajstić information content (AvgIpc) is 3.18. The maximum atomic E-state index is 12.4. The summed E-state index contributed by atoms with van der Waals surface area (Å²) in [6.07, 6.45) is 0.629. The number of halogens is 1. The lowest BCUT2D eigenvalue weighted by Gasteiger charge is -2.09. The van der Waals surface area contributed by atoms with Crippen LogP contribution in [0.15, 0.2) is 47.0 Å². The molecule has 0 aliphatic rings. The number of amides is 2. The second-order valence-electron chi connectivity index (χ2n) is 6.16. The lowest BCUT2D eigenvalue weighted by Crippen LogP contribution is -2.26. The van der Waals surface area contributed by atoms with Crippen molar-refractivity contribution >= 4 is 29.1 Å². The Bertz CT molecular complexity index is 1020. The number of hydrogen-bond donors (Lipinski definition) is 3. The number of benzene rings is 2. The Morgan fingerprint density at radius 2 is 1.93 bits per heavy atom. The molecule has 2 amide bonds. The SMILES string of the molecule is CCC(=O)Nc1ccc(O)c(C(=O)NCCc2nc(-c3ccc(Cl)cc3)no2)c1. The average molecular weight is 415 g/mol. The first-order valence-corrected chi connectivity index (χ1v) is 9.33. The Labute approximate surface area is 171 Å². The van der Waals surface area contributed by atoms with Gasteiger partial charge in [-0.1, -0.05) is 23.7 Å². The number of aromatic nitrogens is 2. The third kappa shape index (κ3) is 5.32. The van der Waals surface area contributed by atoms with Crippen molar-refractivity contribution in [2.45, 2.75) is 19.8 Å². The first kappa shape index (κ1) is 20.3. The number of aromatic hydroxyl groups is 1. The third-order valence-corrected chi connectivity index (χ3v) is 4.29. The largest absolute Gasteiger partial charge is 0.507 e. The van der Waals surface area contributed by atoms with Crippen LogP contribution in [0.5, 0.6) is 5.75 Å². The predicted octanol–water partition coefficient (Wildman–Crippen LogP) is 3.42. The molecular formula is C20H19ClN4O4. The molecule has 0 fully saturated rings. The number of hydrogen-bond acceptors (Lipinski definition) is 6. The molecule has 3 aromatic rings. The highest BCUT2D eigenvalue weighted by atomic mass is 35.5. The first-order chi connectivity index (χ1) is 14.0. The van der Waals surface area contributed by atoms with E-state index in [9.17, 15) is 14.7 Å². The summed E-state index contributed by atoms with van der Waals surface area (Å²) in [7, 11) is 0. The van der Waals surface area contributed by atoms with E-state index >= 15 is 0 Å². The summed E-state index contributed by atoms with van der Waals surface area (Å²) in [6, 6.07) is 11.3. The Morgan fingerprint density at radius 1 is 1.17 bits per heavy atom. The topological polar surface area (TPSA) is 117 Å². The van der Waals surface area contributed by atoms with Gasteiger partial charge in [0.05, 0.1) is 5.56 Å². The maximum Gasteiger partial charge on any atom is 0.255 e. The predicted molar refractivity (Wildman–Crippen MR) is 108 cm³/mol. The Balaban J connectivity index is 1.58. The van der Waals surface area contributed by atoms with Crippen LogP contribution in [0.1, 0.15) is 29.6 Å². The summed E-state index contributed by atoms with van der Waals surface area (Å²) in [5.41, 5.74) is 1.26. The molecule has 29 heavy (non-hydrogen) atoms. The molecule has 150 valence electrons. The van der Waals surface area contributed by atoms with Gasteiger partial charge in [-0.05, 0) is 42.5 Å². The van der Waals surface area contributed by atoms with Gasteiger partial charge in [-0.15, -0.1) is 0 Å². The molecule has 3 N–H and O–H groups in total. The maximum absolute atomic E-state index is 12.4. The van der Waals surface area contributed by atoms with Crippen LogP contribution in [0, 0.1) is 0 Å². The molecule has 2 aromatic carbocycles. The number of phenolic OH excluding ortho intramolecular Hbond substituents is 1. The summed E-state index contributed by atoms with van der Waals surface area (Å²) in [5.74, 6) is -0.0503. The third-order valence-electron chi connectivity index (χ3n) is 4.04. The van der Waals surface area contributed by atoms with Crippen molar-refractivity contribution in [2.24, 2.45) is 0 Å². The van der Waals surface area contributed by atoms with Gasteiger partial charge in [0.2, 0.25) is 17.6 Å². The number of phenols is 1. The molecule has 0 saturated carbocycles. The second kappa shape index (κ2) is 9.20. The summed E-state index contributed by atoms with van der Waals surface area (Å²) in [4.78, 5) is 28.1. The van der Waals surface area contributed by atoms with Gasteiger partial charge < -0.3 is 20.3 Å². The zero-order valence-corrected chi connectivity index (χ0v) is 16.4. The minimum absolute atomic E-state index is 0.0614. The van der Waals surface area contributed by atoms with Gasteiger partial charge in [-0.3, -0.25) is 9.59 Å². The van der Waals surface area contributed by atoms with Crippen LogP contribution in [0.25, 0.3) is 11.4 Å². The number of nitrogens with one attached hydrogen (secondary N) is 2. The molecule has 0 aliphatic heterocycles. The van der Waals surface area contributed by atoms with Gasteiger partial charge in [0, 0.05) is 35.7 Å². The van der Waals surface area contributed by atoms with Crippen LogP contribution in [-0.2, 0) is 11.2 Å². The summed E-state index contributed by atoms with van der Waals surface area (Å²) in [6.45, 7) is 1.95. The highest BCUT2D eigenvalue weighted by Crippen LogP contribution is 2.22. The quantitative estimate of drug-likeness (QED) is 0.510. The van der Waals surface area contributed by atoms with Gasteiger partial charge in [-0.25, -0.2) is 0 Å². The van der Waals surface area contributed by atoms with E-state index in [0.29, 0.717) is 35.3 Å². The van der Waals surface area contributed by atoms with Crippen LogP contribution in [-0.4, -0.2) is 33.6 Å². The van der Waals surface area contributed by atoms with E-state index in [-0.39, 0.29) is 23.8 Å². The van der Waals surface area contributed by atoms with Crippen LogP contribution in [0.3, 0.4) is 0 Å². The molecule has 0 radical (unpaired) electrons. The fraction of sp³-hybridized carbons (Fsp3) is 0.200. The highest BCUT2D eigenvalue weighted by molar-refractivity contribution is 6.30. The van der Waals surface area contributed by atoms with Crippen molar-refractivity contribution < 1.29 is 19.2 Å². The number of anilines is 1. The van der Waals surface area contributed by atoms with Gasteiger partial charge in [0.1, 0.15) is 5.75 Å². The zero-order valence-electron chi connectivity index (χ0n) is 15.6. The van der Waals surface area contributed by atoms with E-state index in [1.165, 1.54) is 18.2 Å². The number of carbonyl (C=O) groups excluding carboxylic acids is 2. The molecule has 8 nitrogen and oxygen atoms in total. The fourth-order valence-corrected chi connectivity index (χ4v) is 2.62. The van der Waals surface area contributed by atoms with E-state index in [0.717, 1.165) is 5.56 Å². The zero-order chi connectivity index (χ0) is 20.8. The van der Waals surface area contributed by atoms with E-state index in [2.05, 4.69) is 20.8 Å². The molecule has 0 spiro atoms. The van der Waals surface area contributed by atoms with E-state index in [4.69, 9.17) is 16.1 Å². The number of rotatable bonds is 7. The highest BCUT2D eigenvalue weighted by Gasteiger charge is 2.14. The van der Waals surface area contributed by atoms with E-state index < -0.39 is 5.91 Å². The monoisotopic (exact) mass is 414 g/mol. The van der Waals surface area contributed by atoms with Crippen molar-refractivity contribution in [1.82, 2.24) is 15.5 Å². The smallest absolute Gasteiger partial charge is 0.255 e. The minimum atomic E-state index is -0.479. The van der Waals surface area contributed by atoms with Crippen LogP contribution < -0.4 is 10.6 Å². The molecular weight excluding hydrogens is 396 g/mol. The van der Waals surface area contributed by atoms with Crippen LogP contribution in [0.4, 0.5) is 5.69 Å². The molecule has 0 atom stereocenters. The number of nitrogens with zero attached hydrogens (tertiary/aromatic N) is 2. The van der Waals surface area contributed by atoms with Crippen molar-refractivity contribution in [3.63, 3.8) is 0 Å². The van der Waals surface area contributed by atoms with Gasteiger partial charge in [-0.2, -0.15) is 4.98 Å². The van der Waals surface area contributed by atoms with E-state index in [1.54, 1.807) is 31.2 Å². The standard InChI is InChI=1S/C20H19ClN4O4/c1-2-17(27)23-14-7-8-16(26)15(11-14)20(28)22-10-9-18-24-19(25-29-18)12-3-5-13(21)6-4-12/h3-8,11,26H,2,9-10H2,1H3,(H,22,28)(H,23,27). The summed E-state index contributed by atoms with van der Waals surface area (Å²) < 4.78 is 5.19. The molecule has 3 rings (SSSR count). The molecule has 0 unspecified atom stereocenters. The Kier molecular flexibility index (Phi) is 6.46. The van der Waals surface area contributed by atoms with Crippen molar-refractivity contribution in [1.29, 1.82) is 0 Å². The minimum Gasteiger partial charge on any atom is -0.507 e. The molecule has 0 saturated heterocycles. The normalized spacial score (nSPS) is 10.6. The Morgan fingerprint density at radius 3 is 2.66 bits per heavy atom. The van der Waals surface area contributed by atoms with Gasteiger partial charge >= 0.3 is 0 Å². The summed E-state index contributed by atoms with van der Waals surface area (Å²) >= 11 is 5.86. The van der Waals surface area contributed by atoms with Crippen LogP contribution >= 0.6 is 11.6 Å². The Hall–Kier alpha value is -3.39. The van der Waals surface area contributed by atoms with Crippen molar-refractivity contribution in [2.75, 3.05) is 11.9 Å². The van der Waals surface area contributed by atoms with Gasteiger partial charge in [0.15, 0.2) is 0 Å². The molecule has 1 heterocycles. The molecule has 9 heteroatoms. The lowest BCUT2D eigenvalue weighted by molar-refractivity contribution is -0.115. The van der Waals surface area contributed by atoms with E-state index in [1.807, 2.05) is 0 Å².